The van der Waals surface area contributed by atoms with E-state index in [0.29, 0.717) is 13.0 Å². The molecule has 1 saturated heterocycles. The van der Waals surface area contributed by atoms with Gasteiger partial charge in [-0.15, -0.1) is 0 Å². The summed E-state index contributed by atoms with van der Waals surface area (Å²) >= 11 is 0. The Labute approximate surface area is 96.7 Å². The van der Waals surface area contributed by atoms with Gasteiger partial charge in [-0.3, -0.25) is 9.59 Å². The summed E-state index contributed by atoms with van der Waals surface area (Å²) in [6.07, 6.45) is 2.58. The highest BCUT2D eigenvalue weighted by molar-refractivity contribution is 5.97. The highest BCUT2D eigenvalue weighted by atomic mass is 16.2. The molecule has 0 radical (unpaired) electrons. The van der Waals surface area contributed by atoms with Gasteiger partial charge in [0.15, 0.2) is 0 Å². The second kappa shape index (κ2) is 4.68. The van der Waals surface area contributed by atoms with Crippen molar-refractivity contribution < 1.29 is 9.59 Å². The summed E-state index contributed by atoms with van der Waals surface area (Å²) in [5.41, 5.74) is 0.419. The average Bonchev–Trinajstić information content (AvgIpc) is 2.21. The van der Waals surface area contributed by atoms with E-state index in [4.69, 9.17) is 0 Å². The van der Waals surface area contributed by atoms with Gasteiger partial charge in [-0.05, 0) is 27.2 Å². The minimum absolute atomic E-state index is 0.00657. The Morgan fingerprint density at radius 1 is 1.50 bits per heavy atom. The largest absolute Gasteiger partial charge is 0.340 e. The highest BCUT2D eigenvalue weighted by Crippen LogP contribution is 2.17. The molecule has 4 heteroatoms. The van der Waals surface area contributed by atoms with Crippen molar-refractivity contribution in [2.75, 3.05) is 13.1 Å². The number of piperazine rings is 1. The molecule has 0 spiro atoms. The first-order valence-corrected chi connectivity index (χ1v) is 5.63. The maximum atomic E-state index is 12.1. The summed E-state index contributed by atoms with van der Waals surface area (Å²) in [7, 11) is 0. The van der Waals surface area contributed by atoms with Gasteiger partial charge < -0.3 is 10.2 Å². The molecule has 4 nitrogen and oxygen atoms in total. The number of hydrogen-bond acceptors (Lipinski definition) is 2. The molecule has 0 aromatic rings. The minimum Gasteiger partial charge on any atom is -0.340 e. The Balaban J connectivity index is 2.82. The summed E-state index contributed by atoms with van der Waals surface area (Å²) in [6.45, 7) is 8.33. The lowest BCUT2D eigenvalue weighted by atomic mass is 9.94. The van der Waals surface area contributed by atoms with Crippen LogP contribution in [0.5, 0.6) is 0 Å². The number of amides is 2. The number of carbonyl (C=O) groups excluding carboxylic acids is 2. The van der Waals surface area contributed by atoms with Crippen molar-refractivity contribution in [2.24, 2.45) is 0 Å². The fourth-order valence-corrected chi connectivity index (χ4v) is 1.67. The molecule has 1 rings (SSSR count). The number of carbonyl (C=O) groups is 2. The van der Waals surface area contributed by atoms with Gasteiger partial charge in [0.1, 0.15) is 5.54 Å². The van der Waals surface area contributed by atoms with Crippen molar-refractivity contribution in [3.63, 3.8) is 0 Å². The molecule has 1 unspecified atom stereocenters. The quantitative estimate of drug-likeness (QED) is 0.729. The normalized spacial score (nSPS) is 25.4. The maximum Gasteiger partial charge on any atom is 0.248 e. The van der Waals surface area contributed by atoms with Crippen LogP contribution >= 0.6 is 0 Å². The lowest BCUT2D eigenvalue weighted by molar-refractivity contribution is -0.148. The third kappa shape index (κ3) is 2.62. The lowest BCUT2D eigenvalue weighted by Gasteiger charge is -2.38. The smallest absolute Gasteiger partial charge is 0.248 e. The van der Waals surface area contributed by atoms with Crippen molar-refractivity contribution in [1.82, 2.24) is 10.2 Å². The maximum absolute atomic E-state index is 12.1. The highest BCUT2D eigenvalue weighted by Gasteiger charge is 2.40. The third-order valence-corrected chi connectivity index (χ3v) is 2.94. The molecule has 2 amide bonds. The molecule has 0 aliphatic carbocycles. The van der Waals surface area contributed by atoms with Gasteiger partial charge in [-0.2, -0.15) is 0 Å². The fraction of sp³-hybridized carbons (Fsp3) is 0.667. The molecule has 16 heavy (non-hydrogen) atoms. The van der Waals surface area contributed by atoms with Gasteiger partial charge in [0.2, 0.25) is 11.8 Å². The molecule has 1 aliphatic rings. The molecule has 1 aliphatic heterocycles. The third-order valence-electron chi connectivity index (χ3n) is 2.94. The van der Waals surface area contributed by atoms with Crippen LogP contribution in [0.25, 0.3) is 0 Å². The molecule has 1 atom stereocenters. The Kier molecular flexibility index (Phi) is 3.73. The second-order valence-corrected chi connectivity index (χ2v) is 4.70. The Morgan fingerprint density at radius 2 is 2.12 bits per heavy atom. The fourth-order valence-electron chi connectivity index (χ4n) is 1.67. The molecule has 1 heterocycles. The summed E-state index contributed by atoms with van der Waals surface area (Å²) in [4.78, 5) is 25.2. The summed E-state index contributed by atoms with van der Waals surface area (Å²) < 4.78 is 0. The van der Waals surface area contributed by atoms with E-state index in [2.05, 4.69) is 5.32 Å². The van der Waals surface area contributed by atoms with Crippen LogP contribution in [0.4, 0.5) is 0 Å². The standard InChI is InChI=1S/C12H20N2O2/c1-5-12(4)11(16)14(7-6-9(2)3)8-10(15)13-12/h6H,5,7-8H2,1-4H3,(H,13,15). The summed E-state index contributed by atoms with van der Waals surface area (Å²) in [5.74, 6) is -0.0711. The Morgan fingerprint density at radius 3 is 2.62 bits per heavy atom. The van der Waals surface area contributed by atoms with E-state index < -0.39 is 5.54 Å². The Hall–Kier alpha value is -1.32. The van der Waals surface area contributed by atoms with Crippen LogP contribution in [-0.2, 0) is 9.59 Å². The number of rotatable bonds is 3. The van der Waals surface area contributed by atoms with E-state index in [-0.39, 0.29) is 18.4 Å². The SMILES string of the molecule is CCC1(C)NC(=O)CN(CC=C(C)C)C1=O. The molecule has 0 saturated carbocycles. The van der Waals surface area contributed by atoms with Crippen LogP contribution in [0.1, 0.15) is 34.1 Å². The van der Waals surface area contributed by atoms with Crippen LogP contribution in [0.3, 0.4) is 0 Å². The van der Waals surface area contributed by atoms with Crippen molar-refractivity contribution >= 4 is 11.8 Å². The van der Waals surface area contributed by atoms with Crippen molar-refractivity contribution in [2.45, 2.75) is 39.7 Å². The van der Waals surface area contributed by atoms with E-state index in [0.717, 1.165) is 5.57 Å². The zero-order valence-electron chi connectivity index (χ0n) is 10.5. The molecular weight excluding hydrogens is 204 g/mol. The van der Waals surface area contributed by atoms with Crippen LogP contribution in [0.2, 0.25) is 0 Å². The topological polar surface area (TPSA) is 49.4 Å². The molecule has 1 fully saturated rings. The van der Waals surface area contributed by atoms with Crippen molar-refractivity contribution in [1.29, 1.82) is 0 Å². The monoisotopic (exact) mass is 224 g/mol. The first-order chi connectivity index (χ1) is 7.39. The Bertz CT molecular complexity index is 332. The van der Waals surface area contributed by atoms with E-state index >= 15 is 0 Å². The van der Waals surface area contributed by atoms with E-state index in [1.807, 2.05) is 26.8 Å². The lowest BCUT2D eigenvalue weighted by Crippen LogP contribution is -2.64. The molecule has 90 valence electrons. The number of nitrogens with one attached hydrogen (secondary N) is 1. The van der Waals surface area contributed by atoms with E-state index in [1.54, 1.807) is 11.8 Å². The molecule has 0 aromatic heterocycles. The zero-order chi connectivity index (χ0) is 12.3. The van der Waals surface area contributed by atoms with Crippen LogP contribution < -0.4 is 5.32 Å². The van der Waals surface area contributed by atoms with Gasteiger partial charge in [0.05, 0.1) is 6.54 Å². The van der Waals surface area contributed by atoms with Gasteiger partial charge in [-0.25, -0.2) is 0 Å². The van der Waals surface area contributed by atoms with Gasteiger partial charge in [0.25, 0.3) is 0 Å². The number of allylic oxidation sites excluding steroid dienone is 1. The first-order valence-electron chi connectivity index (χ1n) is 5.63. The molecule has 0 bridgehead atoms. The summed E-state index contributed by atoms with van der Waals surface area (Å²) in [6, 6.07) is 0. The predicted octanol–water partition coefficient (Wildman–Crippen LogP) is 1.08. The number of nitrogens with zero attached hydrogens (tertiary/aromatic N) is 1. The van der Waals surface area contributed by atoms with Crippen molar-refractivity contribution in [3.8, 4) is 0 Å². The van der Waals surface area contributed by atoms with Gasteiger partial charge in [-0.1, -0.05) is 18.6 Å². The van der Waals surface area contributed by atoms with Crippen LogP contribution in [0, 0.1) is 0 Å². The van der Waals surface area contributed by atoms with E-state index in [9.17, 15) is 9.59 Å². The first kappa shape index (κ1) is 12.7. The minimum atomic E-state index is -0.731. The average molecular weight is 224 g/mol. The number of hydrogen-bond donors (Lipinski definition) is 1. The molecular formula is C12H20N2O2. The van der Waals surface area contributed by atoms with Crippen molar-refractivity contribution in [3.05, 3.63) is 11.6 Å². The predicted molar refractivity (Wildman–Crippen MR) is 62.8 cm³/mol. The molecule has 1 N–H and O–H groups in total. The van der Waals surface area contributed by atoms with Gasteiger partial charge in [0, 0.05) is 6.54 Å². The van der Waals surface area contributed by atoms with Crippen LogP contribution in [-0.4, -0.2) is 35.3 Å². The van der Waals surface area contributed by atoms with Gasteiger partial charge >= 0.3 is 0 Å². The molecule has 0 aromatic carbocycles. The second-order valence-electron chi connectivity index (χ2n) is 4.70. The summed E-state index contributed by atoms with van der Waals surface area (Å²) in [5, 5.41) is 2.76. The van der Waals surface area contributed by atoms with Crippen LogP contribution in [0.15, 0.2) is 11.6 Å². The van der Waals surface area contributed by atoms with E-state index in [1.165, 1.54) is 0 Å². The zero-order valence-corrected chi connectivity index (χ0v) is 10.5.